The van der Waals surface area contributed by atoms with Crippen molar-refractivity contribution in [2.75, 3.05) is 12.4 Å². The van der Waals surface area contributed by atoms with E-state index in [4.69, 9.17) is 21.1 Å². The third-order valence-electron chi connectivity index (χ3n) is 4.79. The molecule has 0 heterocycles. The van der Waals surface area contributed by atoms with Crippen LogP contribution in [0.2, 0.25) is 5.02 Å². The molecule has 3 rings (SSSR count). The van der Waals surface area contributed by atoms with Crippen LogP contribution in [0.25, 0.3) is 6.08 Å². The van der Waals surface area contributed by atoms with Gasteiger partial charge in [-0.25, -0.2) is 0 Å². The van der Waals surface area contributed by atoms with Crippen LogP contribution in [0.3, 0.4) is 0 Å². The van der Waals surface area contributed by atoms with Crippen molar-refractivity contribution in [2.45, 2.75) is 13.5 Å². The van der Waals surface area contributed by atoms with E-state index in [1.165, 1.54) is 25.3 Å². The Morgan fingerprint density at radius 3 is 2.53 bits per heavy atom. The number of nitro groups is 1. The first-order valence-corrected chi connectivity index (χ1v) is 10.4. The molecule has 34 heavy (non-hydrogen) atoms. The van der Waals surface area contributed by atoms with Crippen molar-refractivity contribution < 1.29 is 19.2 Å². The Bertz CT molecular complexity index is 1300. The van der Waals surface area contributed by atoms with Crippen LogP contribution in [0.15, 0.2) is 66.2 Å². The highest BCUT2D eigenvalue weighted by atomic mass is 35.5. The molecule has 0 aliphatic heterocycles. The molecule has 0 bridgehead atoms. The zero-order chi connectivity index (χ0) is 24.7. The molecule has 1 N–H and O–H groups in total. The minimum absolute atomic E-state index is 0.0273. The molecule has 0 saturated carbocycles. The summed E-state index contributed by atoms with van der Waals surface area (Å²) in [6, 6.07) is 18.4. The molecule has 3 aromatic rings. The third-order valence-corrected chi connectivity index (χ3v) is 5.12. The van der Waals surface area contributed by atoms with Crippen molar-refractivity contribution >= 4 is 35.0 Å². The van der Waals surface area contributed by atoms with Gasteiger partial charge in [0, 0.05) is 12.1 Å². The summed E-state index contributed by atoms with van der Waals surface area (Å²) in [4.78, 5) is 23.0. The highest BCUT2D eigenvalue weighted by Gasteiger charge is 2.15. The summed E-state index contributed by atoms with van der Waals surface area (Å²) in [6.07, 6.45) is 1.37. The first-order chi connectivity index (χ1) is 16.3. The SMILES string of the molecule is COc1cc(/C=C(\C#N)C(=O)Nc2cc([N+](=O)[O-])ccc2Cl)ccc1OCc1ccc(C)cc1. The average molecular weight is 478 g/mol. The van der Waals surface area contributed by atoms with Gasteiger partial charge in [0.2, 0.25) is 0 Å². The highest BCUT2D eigenvalue weighted by molar-refractivity contribution is 6.34. The monoisotopic (exact) mass is 477 g/mol. The average Bonchev–Trinajstić information content (AvgIpc) is 2.83. The number of nitriles is 1. The van der Waals surface area contributed by atoms with E-state index in [1.54, 1.807) is 18.2 Å². The van der Waals surface area contributed by atoms with Gasteiger partial charge >= 0.3 is 0 Å². The third kappa shape index (κ3) is 6.12. The van der Waals surface area contributed by atoms with E-state index in [-0.39, 0.29) is 22.0 Å². The van der Waals surface area contributed by atoms with Crippen molar-refractivity contribution in [3.05, 3.63) is 98.1 Å². The maximum Gasteiger partial charge on any atom is 0.271 e. The quantitative estimate of drug-likeness (QED) is 0.193. The van der Waals surface area contributed by atoms with Crippen LogP contribution in [0.4, 0.5) is 11.4 Å². The molecule has 0 unspecified atom stereocenters. The van der Waals surface area contributed by atoms with E-state index < -0.39 is 10.8 Å². The molecule has 172 valence electrons. The first kappa shape index (κ1) is 24.3. The molecule has 0 aromatic heterocycles. The Morgan fingerprint density at radius 1 is 1.15 bits per heavy atom. The molecule has 0 aliphatic carbocycles. The summed E-state index contributed by atoms with van der Waals surface area (Å²) in [7, 11) is 1.49. The zero-order valence-corrected chi connectivity index (χ0v) is 19.1. The van der Waals surface area contributed by atoms with Crippen LogP contribution in [-0.4, -0.2) is 17.9 Å². The van der Waals surface area contributed by atoms with E-state index in [9.17, 15) is 20.2 Å². The number of non-ortho nitro benzene ring substituents is 1. The van der Waals surface area contributed by atoms with Crippen LogP contribution in [0, 0.1) is 28.4 Å². The number of methoxy groups -OCH3 is 1. The Labute approximate surface area is 201 Å². The molecule has 0 fully saturated rings. The summed E-state index contributed by atoms with van der Waals surface area (Å²) in [5.41, 5.74) is 2.24. The van der Waals surface area contributed by atoms with Crippen LogP contribution in [0.1, 0.15) is 16.7 Å². The second kappa shape index (κ2) is 11.0. The zero-order valence-electron chi connectivity index (χ0n) is 18.4. The van der Waals surface area contributed by atoms with Crippen molar-refractivity contribution in [1.82, 2.24) is 0 Å². The Kier molecular flexibility index (Phi) is 7.85. The number of ether oxygens (including phenoxy) is 2. The number of carbonyl (C=O) groups is 1. The number of carbonyl (C=O) groups excluding carboxylic acids is 1. The van der Waals surface area contributed by atoms with Gasteiger partial charge < -0.3 is 14.8 Å². The predicted octanol–water partition coefficient (Wildman–Crippen LogP) is 5.69. The van der Waals surface area contributed by atoms with Crippen LogP contribution in [-0.2, 0) is 11.4 Å². The van der Waals surface area contributed by atoms with Gasteiger partial charge in [-0.2, -0.15) is 5.26 Å². The number of rotatable bonds is 8. The number of halogens is 1. The fraction of sp³-hybridized carbons (Fsp3) is 0.120. The molecule has 0 atom stereocenters. The van der Waals surface area contributed by atoms with Crippen LogP contribution >= 0.6 is 11.6 Å². The molecule has 8 nitrogen and oxygen atoms in total. The van der Waals surface area contributed by atoms with Crippen molar-refractivity contribution in [3.63, 3.8) is 0 Å². The number of anilines is 1. The number of hydrogen-bond donors (Lipinski definition) is 1. The summed E-state index contributed by atoms with van der Waals surface area (Å²) in [5.74, 6) is 0.176. The van der Waals surface area contributed by atoms with Crippen molar-refractivity contribution in [2.24, 2.45) is 0 Å². The second-order valence-electron chi connectivity index (χ2n) is 7.23. The normalized spacial score (nSPS) is 10.8. The lowest BCUT2D eigenvalue weighted by atomic mass is 10.1. The number of nitrogens with zero attached hydrogens (tertiary/aromatic N) is 2. The summed E-state index contributed by atoms with van der Waals surface area (Å²) < 4.78 is 11.2. The molecular weight excluding hydrogens is 458 g/mol. The van der Waals surface area contributed by atoms with Gasteiger partial charge in [0.25, 0.3) is 11.6 Å². The van der Waals surface area contributed by atoms with Gasteiger partial charge in [-0.05, 0) is 42.3 Å². The van der Waals surface area contributed by atoms with Crippen molar-refractivity contribution in [3.8, 4) is 17.6 Å². The lowest BCUT2D eigenvalue weighted by Gasteiger charge is -2.12. The highest BCUT2D eigenvalue weighted by Crippen LogP contribution is 2.30. The van der Waals surface area contributed by atoms with Crippen LogP contribution in [0.5, 0.6) is 11.5 Å². The molecule has 0 aliphatic rings. The fourth-order valence-corrected chi connectivity index (χ4v) is 3.13. The van der Waals surface area contributed by atoms with Gasteiger partial charge in [0.05, 0.1) is 22.7 Å². The van der Waals surface area contributed by atoms with Crippen LogP contribution < -0.4 is 14.8 Å². The smallest absolute Gasteiger partial charge is 0.271 e. The molecule has 0 saturated heterocycles. The minimum Gasteiger partial charge on any atom is -0.493 e. The topological polar surface area (TPSA) is 114 Å². The largest absolute Gasteiger partial charge is 0.493 e. The van der Waals surface area contributed by atoms with Gasteiger partial charge in [-0.15, -0.1) is 0 Å². The van der Waals surface area contributed by atoms with Gasteiger partial charge in [0.1, 0.15) is 18.2 Å². The Hall–Kier alpha value is -4.35. The molecular formula is C25H20ClN3O5. The van der Waals surface area contributed by atoms with E-state index in [1.807, 2.05) is 37.3 Å². The predicted molar refractivity (Wildman–Crippen MR) is 129 cm³/mol. The molecule has 3 aromatic carbocycles. The number of nitrogens with one attached hydrogen (secondary N) is 1. The maximum atomic E-state index is 12.6. The molecule has 1 amide bonds. The standard InChI is InChI=1S/C25H20ClN3O5/c1-16-3-5-17(6-4-16)15-34-23-10-7-18(12-24(23)33-2)11-19(14-27)25(30)28-22-13-20(29(31)32)8-9-21(22)26/h3-13H,15H2,1-2H3,(H,28,30)/b19-11+. The number of nitro benzene ring substituents is 1. The Morgan fingerprint density at radius 2 is 1.88 bits per heavy atom. The molecule has 9 heteroatoms. The fourth-order valence-electron chi connectivity index (χ4n) is 2.97. The van der Waals surface area contributed by atoms with E-state index in [0.29, 0.717) is 23.7 Å². The van der Waals surface area contributed by atoms with Gasteiger partial charge in [-0.1, -0.05) is 47.5 Å². The maximum absolute atomic E-state index is 12.6. The number of hydrogen-bond acceptors (Lipinski definition) is 6. The number of aryl methyl sites for hydroxylation is 1. The summed E-state index contributed by atoms with van der Waals surface area (Å²) >= 11 is 6.02. The number of benzene rings is 3. The van der Waals surface area contributed by atoms with Gasteiger partial charge in [0.15, 0.2) is 11.5 Å². The minimum atomic E-state index is -0.761. The summed E-state index contributed by atoms with van der Waals surface area (Å²) in [6.45, 7) is 2.36. The number of amides is 1. The second-order valence-corrected chi connectivity index (χ2v) is 7.64. The molecule has 0 radical (unpaired) electrons. The lowest BCUT2D eigenvalue weighted by Crippen LogP contribution is -2.14. The van der Waals surface area contributed by atoms with E-state index in [2.05, 4.69) is 5.32 Å². The Balaban J connectivity index is 1.78. The molecule has 0 spiro atoms. The first-order valence-electron chi connectivity index (χ1n) is 10.0. The van der Waals surface area contributed by atoms with E-state index >= 15 is 0 Å². The summed E-state index contributed by atoms with van der Waals surface area (Å²) in [5, 5.41) is 23.0. The van der Waals surface area contributed by atoms with Gasteiger partial charge in [-0.3, -0.25) is 14.9 Å². The lowest BCUT2D eigenvalue weighted by molar-refractivity contribution is -0.384. The van der Waals surface area contributed by atoms with Crippen molar-refractivity contribution in [1.29, 1.82) is 5.26 Å². The van der Waals surface area contributed by atoms with E-state index in [0.717, 1.165) is 17.2 Å².